The van der Waals surface area contributed by atoms with Gasteiger partial charge in [0, 0.05) is 57.8 Å². The summed E-state index contributed by atoms with van der Waals surface area (Å²) >= 11 is 0. The number of rotatable bonds is 8. The molecule has 0 bridgehead atoms. The summed E-state index contributed by atoms with van der Waals surface area (Å²) in [6.07, 6.45) is 4.91. The molecule has 7 nitrogen and oxygen atoms in total. The van der Waals surface area contributed by atoms with Crippen molar-refractivity contribution in [2.45, 2.75) is 44.3 Å². The zero-order valence-electron chi connectivity index (χ0n) is 21.3. The molecule has 3 saturated heterocycles. The minimum atomic E-state index is 0.540. The van der Waals surface area contributed by atoms with Gasteiger partial charge in [0.2, 0.25) is 0 Å². The maximum atomic E-state index is 6.33. The second-order valence-corrected chi connectivity index (χ2v) is 10.7. The molecule has 6 rings (SSSR count). The molecule has 1 aromatic heterocycles. The van der Waals surface area contributed by atoms with Crippen LogP contribution in [-0.4, -0.2) is 80.1 Å². The number of para-hydroxylation sites is 1. The molecule has 0 amide bonds. The molecule has 0 N–H and O–H groups in total. The monoisotopic (exact) mass is 490 g/mol. The number of anilines is 1. The molecule has 0 aliphatic carbocycles. The molecule has 3 unspecified atom stereocenters. The van der Waals surface area contributed by atoms with E-state index in [0.717, 1.165) is 75.0 Å². The molecule has 0 radical (unpaired) electrons. The van der Waals surface area contributed by atoms with Crippen LogP contribution in [0.2, 0.25) is 0 Å². The molecular weight excluding hydrogens is 452 g/mol. The molecule has 192 valence electrons. The Balaban J connectivity index is 1.01. The Kier molecular flexibility index (Phi) is 7.12. The fourth-order valence-electron chi connectivity index (χ4n) is 6.35. The van der Waals surface area contributed by atoms with Crippen molar-refractivity contribution in [2.24, 2.45) is 5.92 Å². The predicted octanol–water partition coefficient (Wildman–Crippen LogP) is 4.42. The highest BCUT2D eigenvalue weighted by Crippen LogP contribution is 2.31. The van der Waals surface area contributed by atoms with Crippen LogP contribution in [0, 0.1) is 5.92 Å². The fourth-order valence-corrected chi connectivity index (χ4v) is 6.35. The number of piperazine rings is 1. The lowest BCUT2D eigenvalue weighted by Gasteiger charge is -2.46. The topological polar surface area (TPSA) is 54.2 Å². The molecule has 0 spiro atoms. The Morgan fingerprint density at radius 2 is 1.92 bits per heavy atom. The van der Waals surface area contributed by atoms with Crippen LogP contribution in [-0.2, 0) is 11.3 Å². The molecule has 7 heteroatoms. The van der Waals surface area contributed by atoms with Gasteiger partial charge in [-0.15, -0.1) is 0 Å². The van der Waals surface area contributed by atoms with Crippen molar-refractivity contribution in [2.75, 3.05) is 57.9 Å². The predicted molar refractivity (Wildman–Crippen MR) is 142 cm³/mol. The third-order valence-corrected chi connectivity index (χ3v) is 8.29. The van der Waals surface area contributed by atoms with E-state index in [1.165, 1.54) is 31.2 Å². The molecule has 3 aliphatic rings. The van der Waals surface area contributed by atoms with E-state index in [9.17, 15) is 0 Å². The molecule has 3 atom stereocenters. The van der Waals surface area contributed by atoms with Crippen LogP contribution in [0.4, 0.5) is 5.82 Å². The Morgan fingerprint density at radius 3 is 2.86 bits per heavy atom. The summed E-state index contributed by atoms with van der Waals surface area (Å²) in [5.41, 5.74) is 2.20. The smallest absolute Gasteiger partial charge is 0.180 e. The van der Waals surface area contributed by atoms with Crippen LogP contribution < -0.4 is 9.64 Å². The van der Waals surface area contributed by atoms with Crippen molar-refractivity contribution >= 4 is 16.8 Å². The summed E-state index contributed by atoms with van der Waals surface area (Å²) in [5, 5.41) is 5.51. The van der Waals surface area contributed by atoms with Gasteiger partial charge in [-0.3, -0.25) is 9.80 Å². The summed E-state index contributed by atoms with van der Waals surface area (Å²) in [4.78, 5) is 7.62. The average molecular weight is 491 g/mol. The van der Waals surface area contributed by atoms with E-state index in [1.807, 2.05) is 12.1 Å². The lowest BCUT2D eigenvalue weighted by atomic mass is 9.91. The van der Waals surface area contributed by atoms with Crippen LogP contribution >= 0.6 is 0 Å². The van der Waals surface area contributed by atoms with Gasteiger partial charge in [-0.2, -0.15) is 0 Å². The second-order valence-electron chi connectivity index (χ2n) is 10.7. The van der Waals surface area contributed by atoms with Crippen LogP contribution in [0.15, 0.2) is 53.1 Å². The maximum Gasteiger partial charge on any atom is 0.180 e. The molecular formula is C29H38N4O3. The zero-order chi connectivity index (χ0) is 24.3. The number of methoxy groups -OCH3 is 1. The van der Waals surface area contributed by atoms with Crippen molar-refractivity contribution in [3.63, 3.8) is 0 Å². The molecule has 36 heavy (non-hydrogen) atoms. The van der Waals surface area contributed by atoms with Gasteiger partial charge in [-0.25, -0.2) is 0 Å². The maximum absolute atomic E-state index is 6.33. The van der Waals surface area contributed by atoms with E-state index < -0.39 is 0 Å². The number of aromatic nitrogens is 1. The largest absolute Gasteiger partial charge is 0.493 e. The van der Waals surface area contributed by atoms with Gasteiger partial charge in [0.25, 0.3) is 0 Å². The number of hydrogen-bond acceptors (Lipinski definition) is 7. The number of benzene rings is 2. The van der Waals surface area contributed by atoms with Crippen molar-refractivity contribution < 1.29 is 14.0 Å². The molecule has 4 heterocycles. The van der Waals surface area contributed by atoms with Gasteiger partial charge in [-0.1, -0.05) is 29.4 Å². The number of likely N-dealkylation sites (tertiary alicyclic amines) is 1. The minimum Gasteiger partial charge on any atom is -0.493 e. The van der Waals surface area contributed by atoms with E-state index in [1.54, 1.807) is 7.11 Å². The number of ether oxygens (including phenoxy) is 2. The summed E-state index contributed by atoms with van der Waals surface area (Å²) < 4.78 is 17.3. The molecule has 0 saturated carbocycles. The van der Waals surface area contributed by atoms with Crippen LogP contribution in [0.5, 0.6) is 5.75 Å². The van der Waals surface area contributed by atoms with Gasteiger partial charge >= 0.3 is 0 Å². The molecule has 3 aromatic rings. The molecule has 2 aromatic carbocycles. The first-order valence-corrected chi connectivity index (χ1v) is 13.5. The van der Waals surface area contributed by atoms with Gasteiger partial charge in [0.05, 0.1) is 18.6 Å². The fraction of sp³-hybridized carbons (Fsp3) is 0.552. The number of nitrogens with zero attached hydrogens (tertiary/aromatic N) is 4. The lowest BCUT2D eigenvalue weighted by Crippen LogP contribution is -2.57. The Bertz CT molecular complexity index is 1150. The van der Waals surface area contributed by atoms with E-state index in [-0.39, 0.29) is 0 Å². The second kappa shape index (κ2) is 10.8. The molecule has 3 aliphatic heterocycles. The van der Waals surface area contributed by atoms with E-state index in [4.69, 9.17) is 14.0 Å². The van der Waals surface area contributed by atoms with Crippen molar-refractivity contribution in [1.82, 2.24) is 15.0 Å². The number of hydrogen-bond donors (Lipinski definition) is 0. The normalized spacial score (nSPS) is 25.4. The summed E-state index contributed by atoms with van der Waals surface area (Å²) in [6.45, 7) is 7.93. The summed E-state index contributed by atoms with van der Waals surface area (Å²) in [5.74, 6) is 2.58. The van der Waals surface area contributed by atoms with Gasteiger partial charge < -0.3 is 18.9 Å². The number of fused-ring (bicyclic) bond motifs is 2. The van der Waals surface area contributed by atoms with Crippen LogP contribution in [0.25, 0.3) is 11.0 Å². The standard InChI is InChI=1S/C29H38N4O3/c1-34-21-25-7-5-13-31(25)17-22-6-4-8-26(16-22)35-20-23-11-12-24-19-33(15-14-32(24)18-23)29-27-9-2-3-10-28(27)36-30-29/h2-4,6,8-10,16,23-25H,5,7,11-15,17-21H2,1H3. The zero-order valence-corrected chi connectivity index (χ0v) is 21.3. The van der Waals surface area contributed by atoms with Crippen LogP contribution in [0.1, 0.15) is 31.2 Å². The van der Waals surface area contributed by atoms with Gasteiger partial charge in [-0.05, 0) is 62.1 Å². The Hall–Kier alpha value is -2.61. The van der Waals surface area contributed by atoms with Gasteiger partial charge in [0.15, 0.2) is 11.4 Å². The SMILES string of the molecule is COCC1CCCN1Cc1cccc(OCC2CCC3CN(c4noc5ccccc45)CCN3C2)c1. The first-order chi connectivity index (χ1) is 17.8. The first kappa shape index (κ1) is 23.8. The van der Waals surface area contributed by atoms with E-state index >= 15 is 0 Å². The Morgan fingerprint density at radius 1 is 0.972 bits per heavy atom. The third-order valence-electron chi connectivity index (χ3n) is 8.29. The van der Waals surface area contributed by atoms with E-state index in [2.05, 4.69) is 56.3 Å². The van der Waals surface area contributed by atoms with Crippen molar-refractivity contribution in [3.05, 3.63) is 54.1 Å². The lowest BCUT2D eigenvalue weighted by molar-refractivity contribution is 0.0726. The van der Waals surface area contributed by atoms with Gasteiger partial charge in [0.1, 0.15) is 5.75 Å². The van der Waals surface area contributed by atoms with Crippen LogP contribution in [0.3, 0.4) is 0 Å². The summed E-state index contributed by atoms with van der Waals surface area (Å²) in [6, 6.07) is 18.0. The minimum absolute atomic E-state index is 0.540. The first-order valence-electron chi connectivity index (χ1n) is 13.5. The molecule has 3 fully saturated rings. The average Bonchev–Trinajstić information content (AvgIpc) is 3.54. The summed E-state index contributed by atoms with van der Waals surface area (Å²) in [7, 11) is 1.80. The van der Waals surface area contributed by atoms with Crippen molar-refractivity contribution in [1.29, 1.82) is 0 Å². The highest BCUT2D eigenvalue weighted by molar-refractivity contribution is 5.88. The van der Waals surface area contributed by atoms with E-state index in [0.29, 0.717) is 18.0 Å². The van der Waals surface area contributed by atoms with Crippen molar-refractivity contribution in [3.8, 4) is 5.75 Å². The highest BCUT2D eigenvalue weighted by atomic mass is 16.5. The Labute approximate surface area is 213 Å². The number of piperidine rings is 1. The third kappa shape index (κ3) is 5.10. The highest BCUT2D eigenvalue weighted by Gasteiger charge is 2.34. The quantitative estimate of drug-likeness (QED) is 0.463.